The zero-order valence-corrected chi connectivity index (χ0v) is 13.2. The lowest BCUT2D eigenvalue weighted by Crippen LogP contribution is -2.48. The highest BCUT2D eigenvalue weighted by Gasteiger charge is 2.29. The van der Waals surface area contributed by atoms with Crippen LogP contribution < -0.4 is 10.5 Å². The number of nitrogens with zero attached hydrogens (tertiary/aromatic N) is 1. The van der Waals surface area contributed by atoms with E-state index in [0.717, 1.165) is 30.7 Å². The molecule has 1 aromatic carbocycles. The molecule has 0 aliphatic carbocycles. The lowest BCUT2D eigenvalue weighted by atomic mass is 9.85. The maximum Gasteiger partial charge on any atom is 0.118 e. The first kappa shape index (κ1) is 15.3. The normalized spacial score (nSPS) is 29.1. The van der Waals surface area contributed by atoms with E-state index in [2.05, 4.69) is 37.8 Å². The number of methoxy groups -OCH3 is 1. The number of hydrogen-bond donors (Lipinski definition) is 1. The van der Waals surface area contributed by atoms with Crippen LogP contribution >= 0.6 is 0 Å². The smallest absolute Gasteiger partial charge is 0.118 e. The molecule has 3 heteroatoms. The summed E-state index contributed by atoms with van der Waals surface area (Å²) >= 11 is 0. The molecule has 1 aliphatic rings. The minimum absolute atomic E-state index is 0.0702. The fourth-order valence-corrected chi connectivity index (χ4v) is 3.28. The van der Waals surface area contributed by atoms with Gasteiger partial charge in [-0.1, -0.05) is 26.0 Å². The Labute approximate surface area is 123 Å². The number of likely N-dealkylation sites (tertiary alicyclic amines) is 1. The molecule has 3 nitrogen and oxygen atoms in total. The second-order valence-electron chi connectivity index (χ2n) is 6.39. The molecule has 1 fully saturated rings. The van der Waals surface area contributed by atoms with Gasteiger partial charge in [0.1, 0.15) is 5.75 Å². The molecular formula is C17H28N2O. The maximum atomic E-state index is 6.39. The first-order valence-electron chi connectivity index (χ1n) is 7.64. The average molecular weight is 276 g/mol. The van der Waals surface area contributed by atoms with Crippen LogP contribution in [0.15, 0.2) is 24.3 Å². The van der Waals surface area contributed by atoms with Crippen molar-refractivity contribution in [3.63, 3.8) is 0 Å². The second-order valence-corrected chi connectivity index (χ2v) is 6.39. The van der Waals surface area contributed by atoms with Crippen molar-refractivity contribution in [2.24, 2.45) is 17.6 Å². The largest absolute Gasteiger partial charge is 0.497 e. The van der Waals surface area contributed by atoms with Crippen molar-refractivity contribution in [3.8, 4) is 5.75 Å². The number of nitrogens with two attached hydrogens (primary N) is 1. The predicted octanol–water partition coefficient (Wildman–Crippen LogP) is 3.06. The van der Waals surface area contributed by atoms with Gasteiger partial charge in [0.05, 0.1) is 7.11 Å². The highest BCUT2D eigenvalue weighted by molar-refractivity contribution is 5.29. The van der Waals surface area contributed by atoms with Gasteiger partial charge in [0.15, 0.2) is 0 Å². The molecule has 0 spiro atoms. The summed E-state index contributed by atoms with van der Waals surface area (Å²) in [5, 5.41) is 0. The zero-order chi connectivity index (χ0) is 14.7. The Bertz CT molecular complexity index is 418. The van der Waals surface area contributed by atoms with Crippen LogP contribution in [-0.2, 0) is 0 Å². The molecule has 2 N–H and O–H groups in total. The fraction of sp³-hybridized carbons (Fsp3) is 0.647. The van der Waals surface area contributed by atoms with Gasteiger partial charge in [-0.15, -0.1) is 0 Å². The van der Waals surface area contributed by atoms with Crippen LogP contribution in [0.4, 0.5) is 0 Å². The molecule has 4 unspecified atom stereocenters. The number of hydrogen-bond acceptors (Lipinski definition) is 3. The second kappa shape index (κ2) is 6.59. The van der Waals surface area contributed by atoms with Crippen molar-refractivity contribution < 1.29 is 4.74 Å². The topological polar surface area (TPSA) is 38.5 Å². The number of piperidine rings is 1. The summed E-state index contributed by atoms with van der Waals surface area (Å²) in [6.45, 7) is 9.12. The van der Waals surface area contributed by atoms with Crippen molar-refractivity contribution in [1.82, 2.24) is 4.90 Å². The number of ether oxygens (including phenoxy) is 1. The van der Waals surface area contributed by atoms with E-state index in [1.54, 1.807) is 7.11 Å². The molecule has 0 aromatic heterocycles. The Hall–Kier alpha value is -1.06. The molecule has 2 rings (SSSR count). The van der Waals surface area contributed by atoms with E-state index in [4.69, 9.17) is 10.5 Å². The van der Waals surface area contributed by atoms with Gasteiger partial charge in [-0.2, -0.15) is 0 Å². The summed E-state index contributed by atoms with van der Waals surface area (Å²) in [6.07, 6.45) is 1.33. The SMILES string of the molecule is COc1ccc(C(N)CN2CC(C)CC(C)C2C)cc1. The molecule has 0 radical (unpaired) electrons. The average Bonchev–Trinajstić information content (AvgIpc) is 2.44. The van der Waals surface area contributed by atoms with Gasteiger partial charge >= 0.3 is 0 Å². The highest BCUT2D eigenvalue weighted by atomic mass is 16.5. The van der Waals surface area contributed by atoms with Gasteiger partial charge in [0.2, 0.25) is 0 Å². The van der Waals surface area contributed by atoms with Gasteiger partial charge in [0.25, 0.3) is 0 Å². The Balaban J connectivity index is 2.00. The Kier molecular flexibility index (Phi) is 5.06. The van der Waals surface area contributed by atoms with Crippen LogP contribution in [0, 0.1) is 11.8 Å². The van der Waals surface area contributed by atoms with E-state index >= 15 is 0 Å². The molecule has 0 saturated carbocycles. The molecule has 0 amide bonds. The predicted molar refractivity (Wildman–Crippen MR) is 83.9 cm³/mol. The first-order valence-corrected chi connectivity index (χ1v) is 7.64. The lowest BCUT2D eigenvalue weighted by molar-refractivity contribution is 0.0742. The Morgan fingerprint density at radius 2 is 1.90 bits per heavy atom. The van der Waals surface area contributed by atoms with Crippen molar-refractivity contribution in [2.45, 2.75) is 39.3 Å². The summed E-state index contributed by atoms with van der Waals surface area (Å²) in [6, 6.07) is 8.81. The minimum Gasteiger partial charge on any atom is -0.497 e. The van der Waals surface area contributed by atoms with Crippen molar-refractivity contribution >= 4 is 0 Å². The van der Waals surface area contributed by atoms with Gasteiger partial charge in [-0.25, -0.2) is 0 Å². The molecule has 20 heavy (non-hydrogen) atoms. The summed E-state index contributed by atoms with van der Waals surface area (Å²) in [7, 11) is 1.69. The van der Waals surface area contributed by atoms with Crippen LogP contribution in [0.2, 0.25) is 0 Å². The number of benzene rings is 1. The summed E-state index contributed by atoms with van der Waals surface area (Å²) in [4.78, 5) is 2.55. The Morgan fingerprint density at radius 3 is 2.50 bits per heavy atom. The third kappa shape index (κ3) is 3.53. The highest BCUT2D eigenvalue weighted by Crippen LogP contribution is 2.28. The molecule has 1 heterocycles. The van der Waals surface area contributed by atoms with Crippen molar-refractivity contribution in [2.75, 3.05) is 20.2 Å². The number of rotatable bonds is 4. The van der Waals surface area contributed by atoms with Crippen molar-refractivity contribution in [3.05, 3.63) is 29.8 Å². The quantitative estimate of drug-likeness (QED) is 0.918. The van der Waals surface area contributed by atoms with E-state index < -0.39 is 0 Å². The lowest BCUT2D eigenvalue weighted by Gasteiger charge is -2.42. The molecule has 0 bridgehead atoms. The molecule has 1 aliphatic heterocycles. The maximum absolute atomic E-state index is 6.39. The monoisotopic (exact) mass is 276 g/mol. The van der Waals surface area contributed by atoms with Crippen LogP contribution in [0.5, 0.6) is 5.75 Å². The minimum atomic E-state index is 0.0702. The Morgan fingerprint density at radius 1 is 1.25 bits per heavy atom. The molecule has 112 valence electrons. The first-order chi connectivity index (χ1) is 9.51. The van der Waals surface area contributed by atoms with Crippen LogP contribution in [0.1, 0.15) is 38.8 Å². The van der Waals surface area contributed by atoms with Gasteiger partial charge < -0.3 is 10.5 Å². The van der Waals surface area contributed by atoms with Gasteiger partial charge in [-0.3, -0.25) is 4.90 Å². The molecule has 1 saturated heterocycles. The molecule has 4 atom stereocenters. The third-order valence-corrected chi connectivity index (χ3v) is 4.69. The zero-order valence-electron chi connectivity index (χ0n) is 13.2. The fourth-order valence-electron chi connectivity index (χ4n) is 3.28. The van der Waals surface area contributed by atoms with Crippen LogP contribution in [0.3, 0.4) is 0 Å². The summed E-state index contributed by atoms with van der Waals surface area (Å²) in [5.41, 5.74) is 7.57. The van der Waals surface area contributed by atoms with E-state index in [-0.39, 0.29) is 6.04 Å². The van der Waals surface area contributed by atoms with Gasteiger partial charge in [-0.05, 0) is 42.9 Å². The standard InChI is InChI=1S/C17H28N2O/c1-12-9-13(2)14(3)19(10-12)11-17(18)15-5-7-16(20-4)8-6-15/h5-8,12-14,17H,9-11,18H2,1-4H3. The van der Waals surface area contributed by atoms with E-state index in [0.29, 0.717) is 6.04 Å². The van der Waals surface area contributed by atoms with E-state index in [1.165, 1.54) is 12.0 Å². The van der Waals surface area contributed by atoms with E-state index in [9.17, 15) is 0 Å². The summed E-state index contributed by atoms with van der Waals surface area (Å²) in [5.74, 6) is 2.40. The van der Waals surface area contributed by atoms with Crippen molar-refractivity contribution in [1.29, 1.82) is 0 Å². The van der Waals surface area contributed by atoms with E-state index in [1.807, 2.05) is 12.1 Å². The van der Waals surface area contributed by atoms with Crippen LogP contribution in [-0.4, -0.2) is 31.1 Å². The summed E-state index contributed by atoms with van der Waals surface area (Å²) < 4.78 is 5.19. The van der Waals surface area contributed by atoms with Crippen LogP contribution in [0.25, 0.3) is 0 Å². The molecule has 1 aromatic rings. The molecular weight excluding hydrogens is 248 g/mol. The third-order valence-electron chi connectivity index (χ3n) is 4.69. The van der Waals surface area contributed by atoms with Gasteiger partial charge in [0, 0.05) is 25.2 Å².